The summed E-state index contributed by atoms with van der Waals surface area (Å²) < 4.78 is 0. The van der Waals surface area contributed by atoms with E-state index in [4.69, 9.17) is 0 Å². The monoisotopic (exact) mass is 237 g/mol. The van der Waals surface area contributed by atoms with Gasteiger partial charge in [0.05, 0.1) is 5.57 Å². The van der Waals surface area contributed by atoms with Crippen molar-refractivity contribution in [3.63, 3.8) is 0 Å². The first-order chi connectivity index (χ1) is 8.83. The minimum Gasteiger partial charge on any atom is -0.370 e. The predicted octanol–water partition coefficient (Wildman–Crippen LogP) is 2.36. The van der Waals surface area contributed by atoms with Crippen LogP contribution in [-0.2, 0) is 4.79 Å². The first-order valence-corrected chi connectivity index (χ1v) is 6.40. The SMILES string of the molecule is O=C1C=CCC=C1C#CC1=CN(C2CC2)CC=C1. The summed E-state index contributed by atoms with van der Waals surface area (Å²) in [5.74, 6) is 6.10. The third-order valence-electron chi connectivity index (χ3n) is 3.27. The van der Waals surface area contributed by atoms with Gasteiger partial charge in [0, 0.05) is 24.4 Å². The van der Waals surface area contributed by atoms with Crippen molar-refractivity contribution in [3.05, 3.63) is 47.7 Å². The molecule has 90 valence electrons. The lowest BCUT2D eigenvalue weighted by Crippen LogP contribution is -2.22. The molecule has 1 heterocycles. The second-order valence-corrected chi connectivity index (χ2v) is 4.78. The first kappa shape index (κ1) is 11.1. The summed E-state index contributed by atoms with van der Waals surface area (Å²) in [5, 5.41) is 0. The van der Waals surface area contributed by atoms with E-state index in [1.165, 1.54) is 12.8 Å². The Balaban J connectivity index is 1.74. The van der Waals surface area contributed by atoms with Gasteiger partial charge in [-0.3, -0.25) is 4.79 Å². The number of hydrogen-bond acceptors (Lipinski definition) is 2. The van der Waals surface area contributed by atoms with E-state index >= 15 is 0 Å². The van der Waals surface area contributed by atoms with Gasteiger partial charge in [0.1, 0.15) is 0 Å². The Morgan fingerprint density at radius 2 is 2.06 bits per heavy atom. The largest absolute Gasteiger partial charge is 0.370 e. The maximum absolute atomic E-state index is 11.5. The third-order valence-corrected chi connectivity index (χ3v) is 3.27. The molecule has 18 heavy (non-hydrogen) atoms. The molecule has 0 saturated heterocycles. The standard InChI is InChI=1S/C16H15NO/c18-16-6-2-1-5-14(16)8-7-13-4-3-11-17(12-13)15-9-10-15/h2-6,12,15H,1,9-11H2. The van der Waals surface area contributed by atoms with Gasteiger partial charge in [0.15, 0.2) is 5.78 Å². The van der Waals surface area contributed by atoms with E-state index in [0.717, 1.165) is 18.5 Å². The number of rotatable bonds is 1. The summed E-state index contributed by atoms with van der Waals surface area (Å²) in [5.41, 5.74) is 1.62. The van der Waals surface area contributed by atoms with Crippen molar-refractivity contribution in [1.82, 2.24) is 4.90 Å². The Morgan fingerprint density at radius 3 is 2.83 bits per heavy atom. The van der Waals surface area contributed by atoms with Gasteiger partial charge in [-0.15, -0.1) is 0 Å². The molecule has 2 heteroatoms. The van der Waals surface area contributed by atoms with Crippen LogP contribution in [0.2, 0.25) is 0 Å². The van der Waals surface area contributed by atoms with Crippen LogP contribution in [0.15, 0.2) is 47.7 Å². The molecule has 1 saturated carbocycles. The molecule has 0 amide bonds. The van der Waals surface area contributed by atoms with Crippen molar-refractivity contribution in [3.8, 4) is 11.8 Å². The summed E-state index contributed by atoms with van der Waals surface area (Å²) in [6.45, 7) is 0.986. The predicted molar refractivity (Wildman–Crippen MR) is 71.6 cm³/mol. The average Bonchev–Trinajstić information content (AvgIpc) is 3.23. The van der Waals surface area contributed by atoms with Crippen LogP contribution in [0.4, 0.5) is 0 Å². The van der Waals surface area contributed by atoms with E-state index < -0.39 is 0 Å². The van der Waals surface area contributed by atoms with Crippen LogP contribution in [0, 0.1) is 11.8 Å². The van der Waals surface area contributed by atoms with Gasteiger partial charge in [-0.2, -0.15) is 0 Å². The van der Waals surface area contributed by atoms with Gasteiger partial charge in [-0.05, 0) is 31.4 Å². The highest BCUT2D eigenvalue weighted by molar-refractivity contribution is 6.08. The van der Waals surface area contributed by atoms with E-state index in [0.29, 0.717) is 11.6 Å². The Kier molecular flexibility index (Phi) is 2.90. The van der Waals surface area contributed by atoms with Crippen molar-refractivity contribution in [2.24, 2.45) is 0 Å². The molecule has 3 rings (SSSR count). The summed E-state index contributed by atoms with van der Waals surface area (Å²) in [7, 11) is 0. The quantitative estimate of drug-likeness (QED) is 0.652. The Morgan fingerprint density at radius 1 is 1.17 bits per heavy atom. The van der Waals surface area contributed by atoms with Crippen molar-refractivity contribution < 1.29 is 4.79 Å². The molecule has 2 nitrogen and oxygen atoms in total. The molecule has 3 aliphatic rings. The molecule has 0 radical (unpaired) electrons. The van der Waals surface area contributed by atoms with E-state index in [-0.39, 0.29) is 5.78 Å². The number of carbonyl (C=O) groups excluding carboxylic acids is 1. The number of carbonyl (C=O) groups is 1. The molecule has 0 spiro atoms. The summed E-state index contributed by atoms with van der Waals surface area (Å²) in [6.07, 6.45) is 15.0. The van der Waals surface area contributed by atoms with Gasteiger partial charge >= 0.3 is 0 Å². The highest BCUT2D eigenvalue weighted by atomic mass is 16.1. The van der Waals surface area contributed by atoms with Crippen LogP contribution in [0.5, 0.6) is 0 Å². The molecule has 0 bridgehead atoms. The molecule has 2 aliphatic carbocycles. The average molecular weight is 237 g/mol. The van der Waals surface area contributed by atoms with Gasteiger partial charge < -0.3 is 4.90 Å². The van der Waals surface area contributed by atoms with E-state index in [2.05, 4.69) is 29.0 Å². The Hall–Kier alpha value is -2.01. The van der Waals surface area contributed by atoms with Crippen LogP contribution in [0.3, 0.4) is 0 Å². The van der Waals surface area contributed by atoms with Crippen LogP contribution >= 0.6 is 0 Å². The van der Waals surface area contributed by atoms with Crippen LogP contribution in [-0.4, -0.2) is 23.3 Å². The second-order valence-electron chi connectivity index (χ2n) is 4.78. The summed E-state index contributed by atoms with van der Waals surface area (Å²) in [6, 6.07) is 0.713. The molecule has 0 aromatic carbocycles. The number of hydrogen-bond donors (Lipinski definition) is 0. The van der Waals surface area contributed by atoms with Crippen molar-refractivity contribution in [2.45, 2.75) is 25.3 Å². The Labute approximate surface area is 107 Å². The van der Waals surface area contributed by atoms with Crippen molar-refractivity contribution in [2.75, 3.05) is 6.54 Å². The first-order valence-electron chi connectivity index (χ1n) is 6.40. The lowest BCUT2D eigenvalue weighted by Gasteiger charge is -2.21. The van der Waals surface area contributed by atoms with Crippen molar-refractivity contribution >= 4 is 5.78 Å². The smallest absolute Gasteiger partial charge is 0.193 e. The lowest BCUT2D eigenvalue weighted by atomic mass is 10.0. The van der Waals surface area contributed by atoms with E-state index in [9.17, 15) is 4.79 Å². The molecule has 0 N–H and O–H groups in total. The minimum absolute atomic E-state index is 0.0215. The van der Waals surface area contributed by atoms with Gasteiger partial charge in [-0.25, -0.2) is 0 Å². The van der Waals surface area contributed by atoms with Gasteiger partial charge in [0.2, 0.25) is 0 Å². The number of allylic oxidation sites excluding steroid dienone is 6. The number of ketones is 1. The van der Waals surface area contributed by atoms with E-state index in [1.807, 2.05) is 18.2 Å². The zero-order valence-electron chi connectivity index (χ0n) is 10.2. The molecule has 1 fully saturated rings. The fraction of sp³-hybridized carbons (Fsp3) is 0.312. The van der Waals surface area contributed by atoms with Gasteiger partial charge in [0.25, 0.3) is 0 Å². The molecule has 1 aliphatic heterocycles. The second kappa shape index (κ2) is 4.70. The minimum atomic E-state index is 0.0215. The molecule has 0 aromatic rings. The van der Waals surface area contributed by atoms with Crippen LogP contribution in [0.1, 0.15) is 19.3 Å². The zero-order chi connectivity index (χ0) is 12.4. The molecule has 0 atom stereocenters. The molecular weight excluding hydrogens is 222 g/mol. The van der Waals surface area contributed by atoms with Crippen molar-refractivity contribution in [1.29, 1.82) is 0 Å². The molecular formula is C16H15NO. The Bertz CT molecular complexity index is 547. The normalized spacial score (nSPS) is 22.2. The summed E-state index contributed by atoms with van der Waals surface area (Å²) >= 11 is 0. The fourth-order valence-electron chi connectivity index (χ4n) is 2.11. The molecule has 0 aromatic heterocycles. The number of nitrogens with zero attached hydrogens (tertiary/aromatic N) is 1. The third kappa shape index (κ3) is 2.46. The van der Waals surface area contributed by atoms with Crippen LogP contribution in [0.25, 0.3) is 0 Å². The maximum Gasteiger partial charge on any atom is 0.193 e. The van der Waals surface area contributed by atoms with Gasteiger partial charge in [-0.1, -0.05) is 30.1 Å². The zero-order valence-corrected chi connectivity index (χ0v) is 10.2. The lowest BCUT2D eigenvalue weighted by molar-refractivity contribution is -0.111. The highest BCUT2D eigenvalue weighted by Gasteiger charge is 2.27. The fourth-order valence-corrected chi connectivity index (χ4v) is 2.11. The van der Waals surface area contributed by atoms with Crippen LogP contribution < -0.4 is 0 Å². The molecule has 0 unspecified atom stereocenters. The summed E-state index contributed by atoms with van der Waals surface area (Å²) in [4.78, 5) is 13.9. The van der Waals surface area contributed by atoms with E-state index in [1.54, 1.807) is 6.08 Å². The highest BCUT2D eigenvalue weighted by Crippen LogP contribution is 2.28. The maximum atomic E-state index is 11.5. The topological polar surface area (TPSA) is 20.3 Å².